The van der Waals surface area contributed by atoms with Gasteiger partial charge >= 0.3 is 5.69 Å². The van der Waals surface area contributed by atoms with E-state index in [1.807, 2.05) is 28.8 Å². The highest BCUT2D eigenvalue weighted by Gasteiger charge is 2.30. The lowest BCUT2D eigenvalue weighted by atomic mass is 10.0. The van der Waals surface area contributed by atoms with Gasteiger partial charge in [-0.2, -0.15) is 0 Å². The average molecular weight is 392 g/mol. The van der Waals surface area contributed by atoms with Crippen molar-refractivity contribution in [1.82, 2.24) is 19.8 Å². The molecular weight excluding hydrogens is 368 g/mol. The Labute approximate surface area is 157 Å². The summed E-state index contributed by atoms with van der Waals surface area (Å²) >= 11 is 0. The summed E-state index contributed by atoms with van der Waals surface area (Å²) in [6, 6.07) is 7.53. The van der Waals surface area contributed by atoms with E-state index in [1.165, 1.54) is 0 Å². The molecule has 3 heterocycles. The number of nitrogens with one attached hydrogen (secondary N) is 2. The molecule has 2 aliphatic heterocycles. The van der Waals surface area contributed by atoms with E-state index < -0.39 is 9.84 Å². The first kappa shape index (κ1) is 18.2. The number of nitrogens with zero attached hydrogens (tertiary/aromatic N) is 2. The number of fused-ring (bicyclic) bond motifs is 1. The van der Waals surface area contributed by atoms with E-state index in [4.69, 9.17) is 0 Å². The first-order chi connectivity index (χ1) is 12.9. The van der Waals surface area contributed by atoms with Crippen LogP contribution in [0.4, 0.5) is 0 Å². The van der Waals surface area contributed by atoms with E-state index in [0.717, 1.165) is 37.0 Å². The number of rotatable bonds is 4. The molecule has 1 aromatic heterocycles. The van der Waals surface area contributed by atoms with E-state index in [2.05, 4.69) is 15.2 Å². The van der Waals surface area contributed by atoms with Crippen LogP contribution in [-0.4, -0.2) is 66.0 Å². The second-order valence-electron chi connectivity index (χ2n) is 7.49. The molecule has 2 fully saturated rings. The van der Waals surface area contributed by atoms with Gasteiger partial charge in [0.2, 0.25) is 5.91 Å². The van der Waals surface area contributed by atoms with Crippen LogP contribution >= 0.6 is 0 Å². The number of hydrogen-bond acceptors (Lipinski definition) is 5. The monoisotopic (exact) mass is 392 g/mol. The van der Waals surface area contributed by atoms with Gasteiger partial charge in [-0.3, -0.25) is 14.3 Å². The molecule has 0 spiro atoms. The third kappa shape index (κ3) is 3.93. The predicted molar refractivity (Wildman–Crippen MR) is 102 cm³/mol. The Hall–Kier alpha value is -2.13. The van der Waals surface area contributed by atoms with Gasteiger partial charge < -0.3 is 10.3 Å². The number of piperidine rings is 1. The van der Waals surface area contributed by atoms with E-state index in [-0.39, 0.29) is 41.7 Å². The molecule has 0 saturated carbocycles. The number of para-hydroxylation sites is 2. The minimum absolute atomic E-state index is 0.0459. The van der Waals surface area contributed by atoms with Crippen molar-refractivity contribution in [3.63, 3.8) is 0 Å². The summed E-state index contributed by atoms with van der Waals surface area (Å²) in [6.07, 6.45) is 2.10. The standard InChI is InChI=1S/C18H24N4O4S/c23-17(19-13-7-10-27(25,26)12-13)11-21-8-5-14(6-9-21)22-16-4-2-1-3-15(16)20-18(22)24/h1-4,13-14H,5-12H2,(H,19,23)(H,20,24). The first-order valence-electron chi connectivity index (χ1n) is 9.33. The lowest BCUT2D eigenvalue weighted by Crippen LogP contribution is -2.45. The SMILES string of the molecule is O=C(CN1CCC(n2c(=O)[nH]c3ccccc32)CC1)NC1CCS(=O)(=O)C1. The smallest absolute Gasteiger partial charge is 0.326 e. The normalized spacial score (nSPS) is 23.6. The molecule has 0 bridgehead atoms. The number of carbonyl (C=O) groups excluding carboxylic acids is 1. The summed E-state index contributed by atoms with van der Waals surface area (Å²) in [4.78, 5) is 29.5. The number of H-pyrrole nitrogens is 1. The molecule has 27 heavy (non-hydrogen) atoms. The second kappa shape index (κ2) is 7.12. The Kier molecular flexibility index (Phi) is 4.81. The van der Waals surface area contributed by atoms with Crippen LogP contribution in [0.2, 0.25) is 0 Å². The molecule has 2 N–H and O–H groups in total. The predicted octanol–water partition coefficient (Wildman–Crippen LogP) is 0.270. The zero-order valence-corrected chi connectivity index (χ0v) is 15.9. The van der Waals surface area contributed by atoms with Gasteiger partial charge in [0.15, 0.2) is 9.84 Å². The first-order valence-corrected chi connectivity index (χ1v) is 11.1. The molecule has 1 atom stereocenters. The number of aromatic amines is 1. The highest BCUT2D eigenvalue weighted by molar-refractivity contribution is 7.91. The third-order valence-corrected chi connectivity index (χ3v) is 7.28. The van der Waals surface area contributed by atoms with Gasteiger partial charge in [0, 0.05) is 25.2 Å². The minimum atomic E-state index is -2.99. The highest BCUT2D eigenvalue weighted by atomic mass is 32.2. The molecular formula is C18H24N4O4S. The molecule has 2 saturated heterocycles. The molecule has 4 rings (SSSR count). The number of likely N-dealkylation sites (tertiary alicyclic amines) is 1. The second-order valence-corrected chi connectivity index (χ2v) is 9.72. The number of hydrogen-bond donors (Lipinski definition) is 2. The lowest BCUT2D eigenvalue weighted by Gasteiger charge is -2.32. The topological polar surface area (TPSA) is 104 Å². The van der Waals surface area contributed by atoms with E-state index >= 15 is 0 Å². The maximum atomic E-state index is 12.3. The molecule has 1 unspecified atom stereocenters. The van der Waals surface area contributed by atoms with Gasteiger partial charge in [0.1, 0.15) is 0 Å². The third-order valence-electron chi connectivity index (χ3n) is 5.51. The van der Waals surface area contributed by atoms with Gasteiger partial charge in [0.25, 0.3) is 0 Å². The molecule has 2 aromatic rings. The zero-order valence-electron chi connectivity index (χ0n) is 15.1. The minimum Gasteiger partial charge on any atom is -0.351 e. The van der Waals surface area contributed by atoms with Crippen LogP contribution in [0.3, 0.4) is 0 Å². The maximum absolute atomic E-state index is 12.3. The number of carbonyl (C=O) groups is 1. The molecule has 1 amide bonds. The van der Waals surface area contributed by atoms with Crippen LogP contribution in [0.1, 0.15) is 25.3 Å². The average Bonchev–Trinajstić information content (AvgIpc) is 3.13. The summed E-state index contributed by atoms with van der Waals surface area (Å²) in [7, 11) is -2.99. The molecule has 2 aliphatic rings. The molecule has 9 heteroatoms. The zero-order chi connectivity index (χ0) is 19.0. The number of benzene rings is 1. The van der Waals surface area contributed by atoms with Crippen LogP contribution in [0.25, 0.3) is 11.0 Å². The molecule has 146 valence electrons. The van der Waals surface area contributed by atoms with Crippen molar-refractivity contribution in [2.75, 3.05) is 31.1 Å². The van der Waals surface area contributed by atoms with E-state index in [0.29, 0.717) is 6.42 Å². The van der Waals surface area contributed by atoms with Crippen LogP contribution in [0, 0.1) is 0 Å². The van der Waals surface area contributed by atoms with Crippen molar-refractivity contribution < 1.29 is 13.2 Å². The fraction of sp³-hybridized carbons (Fsp3) is 0.556. The number of amides is 1. The Morgan fingerprint density at radius 1 is 1.19 bits per heavy atom. The molecule has 8 nitrogen and oxygen atoms in total. The van der Waals surface area contributed by atoms with Crippen LogP contribution in [-0.2, 0) is 14.6 Å². The summed E-state index contributed by atoms with van der Waals surface area (Å²) in [5.41, 5.74) is 1.67. The van der Waals surface area contributed by atoms with Crippen molar-refractivity contribution >= 4 is 26.8 Å². The maximum Gasteiger partial charge on any atom is 0.326 e. The quantitative estimate of drug-likeness (QED) is 0.777. The Morgan fingerprint density at radius 3 is 2.63 bits per heavy atom. The molecule has 0 aliphatic carbocycles. The van der Waals surface area contributed by atoms with Gasteiger partial charge in [-0.25, -0.2) is 13.2 Å². The van der Waals surface area contributed by atoms with Crippen molar-refractivity contribution in [2.24, 2.45) is 0 Å². The van der Waals surface area contributed by atoms with Crippen LogP contribution < -0.4 is 11.0 Å². The van der Waals surface area contributed by atoms with Crippen LogP contribution in [0.15, 0.2) is 29.1 Å². The summed E-state index contributed by atoms with van der Waals surface area (Å²) in [5.74, 6) is 0.0762. The fourth-order valence-electron chi connectivity index (χ4n) is 4.16. The van der Waals surface area contributed by atoms with Gasteiger partial charge in [-0.05, 0) is 31.4 Å². The fourth-order valence-corrected chi connectivity index (χ4v) is 5.83. The van der Waals surface area contributed by atoms with Crippen molar-refractivity contribution in [3.05, 3.63) is 34.7 Å². The van der Waals surface area contributed by atoms with Gasteiger partial charge in [0.05, 0.1) is 29.1 Å². The van der Waals surface area contributed by atoms with E-state index in [1.54, 1.807) is 0 Å². The largest absolute Gasteiger partial charge is 0.351 e. The van der Waals surface area contributed by atoms with Gasteiger partial charge in [-0.15, -0.1) is 0 Å². The number of sulfone groups is 1. The summed E-state index contributed by atoms with van der Waals surface area (Å²) < 4.78 is 24.8. The molecule has 0 radical (unpaired) electrons. The summed E-state index contributed by atoms with van der Waals surface area (Å²) in [5, 5.41) is 2.83. The molecule has 1 aromatic carbocycles. The van der Waals surface area contributed by atoms with Crippen molar-refractivity contribution in [1.29, 1.82) is 0 Å². The van der Waals surface area contributed by atoms with Crippen molar-refractivity contribution in [3.8, 4) is 0 Å². The van der Waals surface area contributed by atoms with Gasteiger partial charge in [-0.1, -0.05) is 12.1 Å². The summed E-state index contributed by atoms with van der Waals surface area (Å²) in [6.45, 7) is 1.73. The Morgan fingerprint density at radius 2 is 1.93 bits per heavy atom. The number of imidazole rings is 1. The highest BCUT2D eigenvalue weighted by Crippen LogP contribution is 2.24. The lowest BCUT2D eigenvalue weighted by molar-refractivity contribution is -0.123. The van der Waals surface area contributed by atoms with E-state index in [9.17, 15) is 18.0 Å². The Bertz CT molecular complexity index is 1000. The number of aromatic nitrogens is 2. The Balaban J connectivity index is 1.33. The van der Waals surface area contributed by atoms with Crippen molar-refractivity contribution in [2.45, 2.75) is 31.3 Å². The van der Waals surface area contributed by atoms with Crippen LogP contribution in [0.5, 0.6) is 0 Å².